The number of nitrogens with one attached hydrogen (secondary N) is 2. The van der Waals surface area contributed by atoms with Gasteiger partial charge in [0.25, 0.3) is 5.91 Å². The van der Waals surface area contributed by atoms with Gasteiger partial charge in [0.1, 0.15) is 12.4 Å². The highest BCUT2D eigenvalue weighted by Gasteiger charge is 2.13. The molecule has 0 bridgehead atoms. The molecule has 5 nitrogen and oxygen atoms in total. The van der Waals surface area contributed by atoms with Crippen LogP contribution in [0.3, 0.4) is 0 Å². The zero-order chi connectivity index (χ0) is 20.7. The van der Waals surface area contributed by atoms with Crippen LogP contribution in [-0.2, 0) is 21.6 Å². The number of carbonyl (C=O) groups is 2. The summed E-state index contributed by atoms with van der Waals surface area (Å²) in [6.45, 7) is 6.43. The van der Waals surface area contributed by atoms with Crippen LogP contribution in [-0.4, -0.2) is 12.0 Å². The summed E-state index contributed by atoms with van der Waals surface area (Å²) in [6, 6.07) is 11.6. The van der Waals surface area contributed by atoms with Crippen LogP contribution < -0.4 is 10.9 Å². The molecule has 0 aliphatic heterocycles. The van der Waals surface area contributed by atoms with Gasteiger partial charge in [-0.25, -0.2) is 14.6 Å². The summed E-state index contributed by atoms with van der Waals surface area (Å²) < 4.78 is 18.0. The van der Waals surface area contributed by atoms with Gasteiger partial charge in [0.15, 0.2) is 0 Å². The second kappa shape index (κ2) is 9.37. The summed E-state index contributed by atoms with van der Waals surface area (Å²) >= 11 is 5.86. The minimum atomic E-state index is -0.790. The van der Waals surface area contributed by atoms with E-state index in [1.807, 2.05) is 24.3 Å². The summed E-state index contributed by atoms with van der Waals surface area (Å²) in [6.07, 6.45) is 1.77. The summed E-state index contributed by atoms with van der Waals surface area (Å²) in [5.74, 6) is -1.06. The number of halogens is 2. The van der Waals surface area contributed by atoms with Crippen molar-refractivity contribution < 1.29 is 18.7 Å². The zero-order valence-corrected chi connectivity index (χ0v) is 16.6. The van der Waals surface area contributed by atoms with Crippen LogP contribution in [0.5, 0.6) is 0 Å². The number of hydrogen-bond donors (Lipinski definition) is 2. The van der Waals surface area contributed by atoms with Crippen molar-refractivity contribution in [2.24, 2.45) is 0 Å². The molecule has 28 heavy (non-hydrogen) atoms. The number of hydrogen-bond acceptors (Lipinski definition) is 3. The SMILES string of the molecule is CC(C)(C)c1ccc(COC(=O)NNC(=O)C=Cc2ccc(F)cc2Cl)cc1. The first-order valence-corrected chi connectivity index (χ1v) is 8.98. The highest BCUT2D eigenvalue weighted by Crippen LogP contribution is 2.22. The van der Waals surface area contributed by atoms with Gasteiger partial charge in [-0.3, -0.25) is 10.2 Å². The van der Waals surface area contributed by atoms with Crippen molar-refractivity contribution in [3.63, 3.8) is 0 Å². The topological polar surface area (TPSA) is 67.4 Å². The Balaban J connectivity index is 1.77. The molecule has 0 unspecified atom stereocenters. The van der Waals surface area contributed by atoms with E-state index < -0.39 is 17.8 Å². The average molecular weight is 405 g/mol. The highest BCUT2D eigenvalue weighted by molar-refractivity contribution is 6.32. The standard InChI is InChI=1S/C21H22ClFN2O3/c1-21(2,3)16-8-4-14(5-9-16)13-28-20(27)25-24-19(26)11-7-15-6-10-17(23)12-18(15)22/h4-12H,13H2,1-3H3,(H,24,26)(H,25,27). The van der Waals surface area contributed by atoms with Crippen molar-refractivity contribution in [3.05, 3.63) is 76.1 Å². The van der Waals surface area contributed by atoms with Gasteiger partial charge in [0, 0.05) is 6.08 Å². The molecule has 2 aromatic carbocycles. The lowest BCUT2D eigenvalue weighted by molar-refractivity contribution is -0.117. The van der Waals surface area contributed by atoms with Gasteiger partial charge in [0.05, 0.1) is 5.02 Å². The minimum absolute atomic E-state index is 0.0483. The van der Waals surface area contributed by atoms with Gasteiger partial charge < -0.3 is 4.74 Å². The fourth-order valence-corrected chi connectivity index (χ4v) is 2.47. The molecule has 0 radical (unpaired) electrons. The predicted octanol–water partition coefficient (Wildman–Crippen LogP) is 4.75. The lowest BCUT2D eigenvalue weighted by atomic mass is 9.87. The quantitative estimate of drug-likeness (QED) is 0.571. The van der Waals surface area contributed by atoms with Crippen LogP contribution in [0.1, 0.15) is 37.5 Å². The van der Waals surface area contributed by atoms with Gasteiger partial charge in [0.2, 0.25) is 0 Å². The Morgan fingerprint density at radius 3 is 2.39 bits per heavy atom. The molecule has 2 N–H and O–H groups in total. The largest absolute Gasteiger partial charge is 0.443 e. The molecule has 2 rings (SSSR count). The van der Waals surface area contributed by atoms with Crippen molar-refractivity contribution >= 4 is 29.7 Å². The fourth-order valence-electron chi connectivity index (χ4n) is 2.24. The van der Waals surface area contributed by atoms with Crippen molar-refractivity contribution in [1.82, 2.24) is 10.9 Å². The van der Waals surface area contributed by atoms with E-state index in [4.69, 9.17) is 16.3 Å². The van der Waals surface area contributed by atoms with E-state index >= 15 is 0 Å². The van der Waals surface area contributed by atoms with Crippen LogP contribution >= 0.6 is 11.6 Å². The summed E-state index contributed by atoms with van der Waals surface area (Å²) in [5, 5.41) is 0.175. The minimum Gasteiger partial charge on any atom is -0.443 e. The molecule has 0 atom stereocenters. The molecule has 0 saturated heterocycles. The Morgan fingerprint density at radius 2 is 1.79 bits per heavy atom. The lowest BCUT2D eigenvalue weighted by Gasteiger charge is -2.19. The first kappa shape index (κ1) is 21.4. The van der Waals surface area contributed by atoms with Crippen molar-refractivity contribution in [2.45, 2.75) is 32.8 Å². The van der Waals surface area contributed by atoms with E-state index in [9.17, 15) is 14.0 Å². The normalized spacial score (nSPS) is 11.3. The second-order valence-electron chi connectivity index (χ2n) is 7.14. The van der Waals surface area contributed by atoms with E-state index in [0.29, 0.717) is 5.56 Å². The van der Waals surface area contributed by atoms with Gasteiger partial charge in [-0.15, -0.1) is 0 Å². The van der Waals surface area contributed by atoms with Gasteiger partial charge in [-0.2, -0.15) is 0 Å². The third kappa shape index (κ3) is 6.70. The number of amides is 2. The number of carbonyl (C=O) groups excluding carboxylic acids is 2. The summed E-state index contributed by atoms with van der Waals surface area (Å²) in [4.78, 5) is 23.4. The molecule has 0 aliphatic rings. The maximum Gasteiger partial charge on any atom is 0.426 e. The van der Waals surface area contributed by atoms with E-state index in [-0.39, 0.29) is 17.0 Å². The smallest absolute Gasteiger partial charge is 0.426 e. The van der Waals surface area contributed by atoms with Crippen molar-refractivity contribution in [1.29, 1.82) is 0 Å². The average Bonchev–Trinajstić information content (AvgIpc) is 2.63. The molecule has 2 amide bonds. The molecule has 0 heterocycles. The number of hydrazine groups is 1. The van der Waals surface area contributed by atoms with E-state index in [0.717, 1.165) is 17.7 Å². The Kier molecular flexibility index (Phi) is 7.18. The molecule has 148 valence electrons. The van der Waals surface area contributed by atoms with Crippen LogP contribution in [0, 0.1) is 5.82 Å². The Hall–Kier alpha value is -2.86. The number of benzene rings is 2. The molecule has 0 spiro atoms. The molecule has 2 aromatic rings. The van der Waals surface area contributed by atoms with Gasteiger partial charge >= 0.3 is 6.09 Å². The van der Waals surface area contributed by atoms with E-state index in [1.165, 1.54) is 23.8 Å². The maximum atomic E-state index is 13.0. The van der Waals surface area contributed by atoms with Gasteiger partial charge in [-0.1, -0.05) is 62.7 Å². The second-order valence-corrected chi connectivity index (χ2v) is 7.54. The first-order chi connectivity index (χ1) is 13.1. The van der Waals surface area contributed by atoms with Crippen LogP contribution in [0.4, 0.5) is 9.18 Å². The summed E-state index contributed by atoms with van der Waals surface area (Å²) in [5.41, 5.74) is 6.86. The number of ether oxygens (including phenoxy) is 1. The van der Waals surface area contributed by atoms with Crippen LogP contribution in [0.25, 0.3) is 6.08 Å². The van der Waals surface area contributed by atoms with Crippen LogP contribution in [0.2, 0.25) is 5.02 Å². The predicted molar refractivity (Wildman–Crippen MR) is 107 cm³/mol. The molecule has 0 fully saturated rings. The maximum absolute atomic E-state index is 13.0. The first-order valence-electron chi connectivity index (χ1n) is 8.60. The zero-order valence-electron chi connectivity index (χ0n) is 15.9. The summed E-state index contributed by atoms with van der Waals surface area (Å²) in [7, 11) is 0. The Bertz CT molecular complexity index is 874. The number of rotatable bonds is 4. The van der Waals surface area contributed by atoms with Gasteiger partial charge in [-0.05, 0) is 40.3 Å². The van der Waals surface area contributed by atoms with E-state index in [2.05, 4.69) is 31.6 Å². The molecular formula is C21H22ClFN2O3. The van der Waals surface area contributed by atoms with E-state index in [1.54, 1.807) is 0 Å². The third-order valence-electron chi connectivity index (χ3n) is 3.85. The fraction of sp³-hybridized carbons (Fsp3) is 0.238. The highest BCUT2D eigenvalue weighted by atomic mass is 35.5. The lowest BCUT2D eigenvalue weighted by Crippen LogP contribution is -2.41. The van der Waals surface area contributed by atoms with Crippen LogP contribution in [0.15, 0.2) is 48.5 Å². The van der Waals surface area contributed by atoms with Crippen molar-refractivity contribution in [2.75, 3.05) is 0 Å². The monoisotopic (exact) mass is 404 g/mol. The van der Waals surface area contributed by atoms with Crippen molar-refractivity contribution in [3.8, 4) is 0 Å². The molecule has 0 aromatic heterocycles. The molecule has 0 saturated carbocycles. The third-order valence-corrected chi connectivity index (χ3v) is 4.18. The molecule has 0 aliphatic carbocycles. The molecular weight excluding hydrogens is 383 g/mol. The molecule has 7 heteroatoms. The Labute approximate surface area is 168 Å². The Morgan fingerprint density at radius 1 is 1.11 bits per heavy atom.